The highest BCUT2D eigenvalue weighted by Gasteiger charge is 2.32. The van der Waals surface area contributed by atoms with Crippen molar-refractivity contribution < 1.29 is 14.3 Å². The zero-order valence-electron chi connectivity index (χ0n) is 17.7. The first-order chi connectivity index (χ1) is 13.3. The van der Waals surface area contributed by atoms with E-state index in [9.17, 15) is 4.79 Å². The number of thioether (sulfide) groups is 1. The molecule has 0 aliphatic rings. The normalized spacial score (nSPS) is 12.5. The number of carbonyl (C=O) groups excluding carboxylic acids is 1. The lowest BCUT2D eigenvalue weighted by molar-refractivity contribution is 0.0950. The SMILES string of the molecule is CCCCSC(C(=O)c1ccc(Oc2ccc(OCC)cc2)cc1)C(C)(C)C. The Labute approximate surface area is 173 Å². The molecule has 0 bridgehead atoms. The van der Waals surface area contributed by atoms with Crippen molar-refractivity contribution in [1.29, 1.82) is 0 Å². The van der Waals surface area contributed by atoms with Crippen molar-refractivity contribution in [2.45, 2.75) is 52.7 Å². The highest BCUT2D eigenvalue weighted by atomic mass is 32.2. The molecule has 0 fully saturated rings. The second-order valence-corrected chi connectivity index (χ2v) is 9.08. The van der Waals surface area contributed by atoms with Crippen LogP contribution in [0.15, 0.2) is 48.5 Å². The highest BCUT2D eigenvalue weighted by molar-refractivity contribution is 8.00. The smallest absolute Gasteiger partial charge is 0.176 e. The van der Waals surface area contributed by atoms with Crippen molar-refractivity contribution in [3.8, 4) is 17.2 Å². The fourth-order valence-corrected chi connectivity index (χ4v) is 4.29. The fraction of sp³-hybridized carbons (Fsp3) is 0.458. The van der Waals surface area contributed by atoms with Crippen LogP contribution >= 0.6 is 11.8 Å². The van der Waals surface area contributed by atoms with E-state index in [-0.39, 0.29) is 16.4 Å². The van der Waals surface area contributed by atoms with Crippen molar-refractivity contribution in [1.82, 2.24) is 0 Å². The quantitative estimate of drug-likeness (QED) is 0.317. The monoisotopic (exact) mass is 400 g/mol. The molecule has 28 heavy (non-hydrogen) atoms. The molecule has 2 aromatic rings. The van der Waals surface area contributed by atoms with Crippen LogP contribution in [0.3, 0.4) is 0 Å². The molecule has 0 amide bonds. The Morgan fingerprint density at radius 3 is 1.96 bits per heavy atom. The van der Waals surface area contributed by atoms with Gasteiger partial charge in [-0.3, -0.25) is 4.79 Å². The number of ketones is 1. The third-order valence-corrected chi connectivity index (χ3v) is 6.10. The Morgan fingerprint density at radius 1 is 0.929 bits per heavy atom. The van der Waals surface area contributed by atoms with E-state index < -0.39 is 0 Å². The number of hydrogen-bond donors (Lipinski definition) is 0. The van der Waals surface area contributed by atoms with Gasteiger partial charge in [0, 0.05) is 5.56 Å². The first-order valence-electron chi connectivity index (χ1n) is 10.0. The Balaban J connectivity index is 2.05. The summed E-state index contributed by atoms with van der Waals surface area (Å²) in [6.45, 7) is 11.2. The number of benzene rings is 2. The fourth-order valence-electron chi connectivity index (χ4n) is 2.81. The van der Waals surface area contributed by atoms with Gasteiger partial charge < -0.3 is 9.47 Å². The summed E-state index contributed by atoms with van der Waals surface area (Å²) < 4.78 is 11.3. The molecule has 0 aliphatic carbocycles. The average Bonchev–Trinajstić information content (AvgIpc) is 2.66. The third kappa shape index (κ3) is 6.59. The standard InChI is InChI=1S/C24H32O3S/c1-6-8-17-28-23(24(3,4)5)22(25)18-9-11-20(12-10-18)27-21-15-13-19(14-16-21)26-7-2/h9-16,23H,6-8,17H2,1-5H3. The molecule has 0 saturated carbocycles. The summed E-state index contributed by atoms with van der Waals surface area (Å²) in [4.78, 5) is 13.1. The predicted molar refractivity (Wildman–Crippen MR) is 119 cm³/mol. The molecule has 0 aliphatic heterocycles. The Bertz CT molecular complexity index is 730. The van der Waals surface area contributed by atoms with Crippen LogP contribution in [0, 0.1) is 5.41 Å². The van der Waals surface area contributed by atoms with Crippen molar-refractivity contribution in [2.24, 2.45) is 5.41 Å². The molecule has 2 aromatic carbocycles. The predicted octanol–water partition coefficient (Wildman–Crippen LogP) is 7.01. The van der Waals surface area contributed by atoms with E-state index >= 15 is 0 Å². The van der Waals surface area contributed by atoms with E-state index in [1.54, 1.807) is 11.8 Å². The average molecular weight is 401 g/mol. The lowest BCUT2D eigenvalue weighted by Gasteiger charge is -2.29. The number of Topliss-reactive ketones (excluding diaryl/α,β-unsaturated/α-hetero) is 1. The lowest BCUT2D eigenvalue weighted by atomic mass is 9.87. The van der Waals surface area contributed by atoms with Crippen LogP contribution in [0.2, 0.25) is 0 Å². The van der Waals surface area contributed by atoms with Gasteiger partial charge in [0.25, 0.3) is 0 Å². The summed E-state index contributed by atoms with van der Waals surface area (Å²) in [5.74, 6) is 3.49. The highest BCUT2D eigenvalue weighted by Crippen LogP contribution is 2.34. The van der Waals surface area contributed by atoms with Gasteiger partial charge in [0.1, 0.15) is 17.2 Å². The van der Waals surface area contributed by atoms with Crippen LogP contribution < -0.4 is 9.47 Å². The third-order valence-electron chi connectivity index (χ3n) is 4.32. The second-order valence-electron chi connectivity index (χ2n) is 7.87. The van der Waals surface area contributed by atoms with E-state index in [0.717, 1.165) is 35.7 Å². The van der Waals surface area contributed by atoms with Gasteiger partial charge in [-0.2, -0.15) is 0 Å². The zero-order valence-corrected chi connectivity index (χ0v) is 18.5. The van der Waals surface area contributed by atoms with Gasteiger partial charge in [0.15, 0.2) is 5.78 Å². The van der Waals surface area contributed by atoms with E-state index in [1.165, 1.54) is 0 Å². The molecule has 1 atom stereocenters. The number of hydrogen-bond acceptors (Lipinski definition) is 4. The van der Waals surface area contributed by atoms with Gasteiger partial charge in [-0.25, -0.2) is 0 Å². The van der Waals surface area contributed by atoms with Gasteiger partial charge in [-0.1, -0.05) is 34.1 Å². The minimum atomic E-state index is -0.0764. The van der Waals surface area contributed by atoms with E-state index in [0.29, 0.717) is 12.4 Å². The maximum atomic E-state index is 13.1. The molecule has 0 heterocycles. The minimum absolute atomic E-state index is 0.0445. The molecule has 0 saturated heterocycles. The second kappa shape index (κ2) is 10.6. The molecule has 0 radical (unpaired) electrons. The molecule has 0 spiro atoms. The number of rotatable bonds is 10. The lowest BCUT2D eigenvalue weighted by Crippen LogP contribution is -2.32. The number of unbranched alkanes of at least 4 members (excludes halogenated alkanes) is 1. The van der Waals surface area contributed by atoms with Gasteiger partial charge >= 0.3 is 0 Å². The van der Waals surface area contributed by atoms with Crippen LogP contribution in [-0.2, 0) is 0 Å². The van der Waals surface area contributed by atoms with Crippen molar-refractivity contribution in [3.05, 3.63) is 54.1 Å². The van der Waals surface area contributed by atoms with Crippen LogP contribution in [0.1, 0.15) is 57.8 Å². The Hall–Kier alpha value is -1.94. The summed E-state index contributed by atoms with van der Waals surface area (Å²) in [5.41, 5.74) is 0.662. The molecular weight excluding hydrogens is 368 g/mol. The Kier molecular flexibility index (Phi) is 8.43. The van der Waals surface area contributed by atoms with E-state index in [1.807, 2.05) is 55.5 Å². The molecular formula is C24H32O3S. The number of carbonyl (C=O) groups is 1. The Morgan fingerprint density at radius 2 is 1.46 bits per heavy atom. The van der Waals surface area contributed by atoms with Gasteiger partial charge in [-0.05, 0) is 73.0 Å². The molecule has 1 unspecified atom stereocenters. The summed E-state index contributed by atoms with van der Waals surface area (Å²) in [5, 5.41) is -0.0445. The molecule has 152 valence electrons. The van der Waals surface area contributed by atoms with Crippen molar-refractivity contribution in [2.75, 3.05) is 12.4 Å². The van der Waals surface area contributed by atoms with Crippen LogP contribution in [0.4, 0.5) is 0 Å². The van der Waals surface area contributed by atoms with Gasteiger partial charge in [0.05, 0.1) is 11.9 Å². The first kappa shape index (κ1) is 22.4. The van der Waals surface area contributed by atoms with Crippen LogP contribution in [0.25, 0.3) is 0 Å². The number of ether oxygens (including phenoxy) is 2. The minimum Gasteiger partial charge on any atom is -0.494 e. The molecule has 0 aromatic heterocycles. The molecule has 3 nitrogen and oxygen atoms in total. The first-order valence-corrected chi connectivity index (χ1v) is 11.1. The largest absolute Gasteiger partial charge is 0.494 e. The maximum absolute atomic E-state index is 13.1. The van der Waals surface area contributed by atoms with Crippen molar-refractivity contribution >= 4 is 17.5 Å². The van der Waals surface area contributed by atoms with Gasteiger partial charge in [0.2, 0.25) is 0 Å². The maximum Gasteiger partial charge on any atom is 0.176 e. The summed E-state index contributed by atoms with van der Waals surface area (Å²) in [7, 11) is 0. The van der Waals surface area contributed by atoms with E-state index in [2.05, 4.69) is 27.7 Å². The summed E-state index contributed by atoms with van der Waals surface area (Å²) in [6.07, 6.45) is 2.29. The summed E-state index contributed by atoms with van der Waals surface area (Å²) in [6, 6.07) is 15.0. The molecule has 2 rings (SSSR count). The van der Waals surface area contributed by atoms with Gasteiger partial charge in [-0.15, -0.1) is 11.8 Å². The molecule has 4 heteroatoms. The topological polar surface area (TPSA) is 35.5 Å². The van der Waals surface area contributed by atoms with Crippen molar-refractivity contribution in [3.63, 3.8) is 0 Å². The summed E-state index contributed by atoms with van der Waals surface area (Å²) >= 11 is 1.78. The van der Waals surface area contributed by atoms with E-state index in [4.69, 9.17) is 9.47 Å². The van der Waals surface area contributed by atoms with Crippen LogP contribution in [0.5, 0.6) is 17.2 Å². The molecule has 0 N–H and O–H groups in total. The van der Waals surface area contributed by atoms with Crippen LogP contribution in [-0.4, -0.2) is 23.4 Å². The zero-order chi connectivity index (χ0) is 20.6.